The fourth-order valence-corrected chi connectivity index (χ4v) is 2.28. The first kappa shape index (κ1) is 15.4. The lowest BCUT2D eigenvalue weighted by Crippen LogP contribution is -2.29. The van der Waals surface area contributed by atoms with E-state index in [0.29, 0.717) is 12.5 Å². The Bertz CT molecular complexity index is 216. The van der Waals surface area contributed by atoms with Crippen LogP contribution in [0, 0.1) is 0 Å². The van der Waals surface area contributed by atoms with Crippen LogP contribution >= 0.6 is 0 Å². The van der Waals surface area contributed by atoms with Crippen LogP contribution in [-0.4, -0.2) is 31.7 Å². The molecule has 0 saturated carbocycles. The van der Waals surface area contributed by atoms with Crippen molar-refractivity contribution in [1.29, 1.82) is 0 Å². The molecule has 1 unspecified atom stereocenters. The molecule has 3 N–H and O–H groups in total. The number of amides is 1. The van der Waals surface area contributed by atoms with E-state index in [2.05, 4.69) is 5.32 Å². The second-order valence-electron chi connectivity index (χ2n) is 5.08. The Morgan fingerprint density at radius 1 is 1.22 bits per heavy atom. The van der Waals surface area contributed by atoms with Crippen molar-refractivity contribution in [3.8, 4) is 0 Å². The van der Waals surface area contributed by atoms with Gasteiger partial charge in [0.25, 0.3) is 0 Å². The van der Waals surface area contributed by atoms with Gasteiger partial charge in [-0.1, -0.05) is 12.8 Å². The smallest absolute Gasteiger partial charge is 0.219 e. The van der Waals surface area contributed by atoms with Gasteiger partial charge in [0.05, 0.1) is 6.10 Å². The number of hydrogen-bond acceptors (Lipinski definition) is 3. The molecule has 1 saturated heterocycles. The van der Waals surface area contributed by atoms with Gasteiger partial charge in [0.15, 0.2) is 0 Å². The van der Waals surface area contributed by atoms with Crippen molar-refractivity contribution >= 4 is 5.91 Å². The molecular weight excluding hydrogens is 228 g/mol. The molecule has 4 nitrogen and oxygen atoms in total. The van der Waals surface area contributed by atoms with Gasteiger partial charge in [-0.3, -0.25) is 4.79 Å². The minimum Gasteiger partial charge on any atom is -0.378 e. The number of carbonyl (C=O) groups excluding carboxylic acids is 1. The highest BCUT2D eigenvalue weighted by atomic mass is 16.5. The van der Waals surface area contributed by atoms with Crippen molar-refractivity contribution in [2.24, 2.45) is 5.73 Å². The fourth-order valence-electron chi connectivity index (χ4n) is 2.28. The average Bonchev–Trinajstić information content (AvgIpc) is 2.40. The molecular formula is C14H28N2O2. The first-order valence-electron chi connectivity index (χ1n) is 7.41. The van der Waals surface area contributed by atoms with Crippen molar-refractivity contribution in [2.75, 3.05) is 19.7 Å². The van der Waals surface area contributed by atoms with Crippen molar-refractivity contribution in [2.45, 2.75) is 63.9 Å². The first-order chi connectivity index (χ1) is 8.83. The molecule has 1 heterocycles. The van der Waals surface area contributed by atoms with Gasteiger partial charge in [0, 0.05) is 19.6 Å². The maximum atomic E-state index is 11.5. The van der Waals surface area contributed by atoms with Crippen LogP contribution in [0.15, 0.2) is 0 Å². The number of nitrogens with two attached hydrogens (primary N) is 1. The lowest BCUT2D eigenvalue weighted by atomic mass is 10.1. The second kappa shape index (κ2) is 10.3. The molecule has 106 valence electrons. The summed E-state index contributed by atoms with van der Waals surface area (Å²) in [5.41, 5.74) is 5.42. The van der Waals surface area contributed by atoms with Gasteiger partial charge < -0.3 is 15.8 Å². The van der Waals surface area contributed by atoms with Crippen molar-refractivity contribution in [3.63, 3.8) is 0 Å². The third-order valence-electron chi connectivity index (χ3n) is 3.42. The lowest BCUT2D eigenvalue weighted by molar-refractivity contribution is -0.121. The van der Waals surface area contributed by atoms with Crippen molar-refractivity contribution < 1.29 is 9.53 Å². The predicted molar refractivity (Wildman–Crippen MR) is 73.4 cm³/mol. The average molecular weight is 256 g/mol. The van der Waals surface area contributed by atoms with Crippen molar-refractivity contribution in [1.82, 2.24) is 5.32 Å². The Hall–Kier alpha value is -0.610. The zero-order valence-electron chi connectivity index (χ0n) is 11.5. The Balaban J connectivity index is 1.89. The monoisotopic (exact) mass is 256 g/mol. The minimum absolute atomic E-state index is 0.179. The van der Waals surface area contributed by atoms with Gasteiger partial charge in [-0.15, -0.1) is 0 Å². The van der Waals surface area contributed by atoms with E-state index in [1.165, 1.54) is 12.8 Å². The number of unbranched alkanes of at least 4 members (excludes halogenated alkanes) is 3. The van der Waals surface area contributed by atoms with Crippen molar-refractivity contribution in [3.05, 3.63) is 0 Å². The molecule has 0 aliphatic carbocycles. The van der Waals surface area contributed by atoms with Crippen LogP contribution in [-0.2, 0) is 9.53 Å². The third-order valence-corrected chi connectivity index (χ3v) is 3.42. The lowest BCUT2D eigenvalue weighted by Gasteiger charge is -2.22. The molecule has 0 bridgehead atoms. The Kier molecular flexibility index (Phi) is 8.86. The molecule has 1 rings (SSSR count). The van der Waals surface area contributed by atoms with Gasteiger partial charge >= 0.3 is 0 Å². The molecule has 1 amide bonds. The fraction of sp³-hybridized carbons (Fsp3) is 0.929. The van der Waals surface area contributed by atoms with Gasteiger partial charge in [-0.25, -0.2) is 0 Å². The second-order valence-corrected chi connectivity index (χ2v) is 5.08. The highest BCUT2D eigenvalue weighted by molar-refractivity contribution is 5.75. The maximum absolute atomic E-state index is 11.5. The van der Waals surface area contributed by atoms with Crippen LogP contribution < -0.4 is 11.1 Å². The summed E-state index contributed by atoms with van der Waals surface area (Å²) < 4.78 is 5.62. The zero-order valence-corrected chi connectivity index (χ0v) is 11.5. The number of nitrogens with one attached hydrogen (secondary N) is 1. The van der Waals surface area contributed by atoms with Gasteiger partial charge in [0.2, 0.25) is 5.91 Å². The van der Waals surface area contributed by atoms with Gasteiger partial charge in [-0.05, 0) is 45.1 Å². The van der Waals surface area contributed by atoms with E-state index in [1.54, 1.807) is 0 Å². The van der Waals surface area contributed by atoms with E-state index in [1.807, 2.05) is 0 Å². The van der Waals surface area contributed by atoms with Crippen LogP contribution in [0.25, 0.3) is 0 Å². The molecule has 1 fully saturated rings. The summed E-state index contributed by atoms with van der Waals surface area (Å²) >= 11 is 0. The minimum atomic E-state index is 0.179. The Morgan fingerprint density at radius 3 is 2.78 bits per heavy atom. The number of carbonyl (C=O) groups is 1. The number of rotatable bonds is 9. The summed E-state index contributed by atoms with van der Waals surface area (Å²) in [4.78, 5) is 11.5. The molecule has 1 aliphatic rings. The van der Waals surface area contributed by atoms with Gasteiger partial charge in [0.1, 0.15) is 0 Å². The summed E-state index contributed by atoms with van der Waals surface area (Å²) in [6.07, 6.45) is 9.86. The Morgan fingerprint density at radius 2 is 2.06 bits per heavy atom. The van der Waals surface area contributed by atoms with Crippen LogP contribution in [0.5, 0.6) is 0 Å². The van der Waals surface area contributed by atoms with E-state index in [4.69, 9.17) is 10.5 Å². The largest absolute Gasteiger partial charge is 0.378 e. The third kappa shape index (κ3) is 7.67. The molecule has 0 aromatic heterocycles. The zero-order chi connectivity index (χ0) is 13.1. The highest BCUT2D eigenvalue weighted by Crippen LogP contribution is 2.14. The van der Waals surface area contributed by atoms with Gasteiger partial charge in [-0.2, -0.15) is 0 Å². The van der Waals surface area contributed by atoms with E-state index in [-0.39, 0.29) is 5.91 Å². The highest BCUT2D eigenvalue weighted by Gasteiger charge is 2.13. The summed E-state index contributed by atoms with van der Waals surface area (Å²) in [6.45, 7) is 2.40. The Labute approximate surface area is 111 Å². The molecule has 0 radical (unpaired) electrons. The molecule has 0 aromatic carbocycles. The van der Waals surface area contributed by atoms with Crippen LogP contribution in [0.3, 0.4) is 0 Å². The quantitative estimate of drug-likeness (QED) is 0.620. The van der Waals surface area contributed by atoms with E-state index >= 15 is 0 Å². The van der Waals surface area contributed by atoms with Crippen LogP contribution in [0.1, 0.15) is 57.8 Å². The molecule has 0 aromatic rings. The number of ether oxygens (including phenoxy) is 1. The summed E-state index contributed by atoms with van der Waals surface area (Å²) in [5.74, 6) is 0.179. The van der Waals surface area contributed by atoms with E-state index in [9.17, 15) is 4.79 Å². The topological polar surface area (TPSA) is 64.4 Å². The molecule has 1 aliphatic heterocycles. The molecule has 1 atom stereocenters. The number of hydrogen-bond donors (Lipinski definition) is 2. The molecule has 18 heavy (non-hydrogen) atoms. The SMILES string of the molecule is NCCCCCCC(=O)NCCC1CCCCO1. The van der Waals surface area contributed by atoms with Crippen LogP contribution in [0.2, 0.25) is 0 Å². The van der Waals surface area contributed by atoms with Crippen LogP contribution in [0.4, 0.5) is 0 Å². The summed E-state index contributed by atoms with van der Waals surface area (Å²) in [5, 5.41) is 2.98. The normalized spacial score (nSPS) is 19.7. The maximum Gasteiger partial charge on any atom is 0.219 e. The molecule has 0 spiro atoms. The summed E-state index contributed by atoms with van der Waals surface area (Å²) in [6, 6.07) is 0. The molecule has 4 heteroatoms. The van der Waals surface area contributed by atoms with E-state index in [0.717, 1.165) is 58.2 Å². The predicted octanol–water partition coefficient (Wildman–Crippen LogP) is 1.97. The first-order valence-corrected chi connectivity index (χ1v) is 7.41. The summed E-state index contributed by atoms with van der Waals surface area (Å²) in [7, 11) is 0. The standard InChI is InChI=1S/C14H28N2O2/c15-10-5-2-1-3-8-14(17)16-11-9-13-7-4-6-12-18-13/h13H,1-12,15H2,(H,16,17). The van der Waals surface area contributed by atoms with E-state index < -0.39 is 0 Å².